The molecule has 31 heavy (non-hydrogen) atoms. The molecule has 160 valence electrons. The maximum atomic E-state index is 12.9. The normalized spacial score (nSPS) is 15.4. The molecule has 1 amide bonds. The van der Waals surface area contributed by atoms with E-state index in [2.05, 4.69) is 10.1 Å². The molecule has 0 spiro atoms. The first-order valence-electron chi connectivity index (χ1n) is 10.1. The molecule has 7 nitrogen and oxygen atoms in total. The van der Waals surface area contributed by atoms with Crippen LogP contribution in [-0.2, 0) is 21.7 Å². The molecular weight excluding hydrogens is 414 g/mol. The number of nitrogens with zero attached hydrogens (tertiary/aromatic N) is 3. The van der Waals surface area contributed by atoms with Gasteiger partial charge in [0.25, 0.3) is 5.91 Å². The summed E-state index contributed by atoms with van der Waals surface area (Å²) in [5.74, 6) is 0.431. The second kappa shape index (κ2) is 9.34. The molecule has 0 N–H and O–H groups in total. The number of rotatable bonds is 6. The van der Waals surface area contributed by atoms with Crippen molar-refractivity contribution in [3.05, 3.63) is 71.2 Å². The molecule has 0 bridgehead atoms. The molecule has 0 aliphatic carbocycles. The van der Waals surface area contributed by atoms with Crippen LogP contribution in [0.2, 0.25) is 0 Å². The van der Waals surface area contributed by atoms with Crippen LogP contribution >= 0.6 is 11.8 Å². The number of aromatic nitrogens is 2. The van der Waals surface area contributed by atoms with Crippen LogP contribution in [0.25, 0.3) is 0 Å². The molecule has 4 rings (SSSR count). The topological polar surface area (TPSA) is 85.5 Å². The highest BCUT2D eigenvalue weighted by molar-refractivity contribution is 7.98. The van der Waals surface area contributed by atoms with Gasteiger partial charge in [0.2, 0.25) is 0 Å². The molecule has 1 aliphatic rings. The number of esters is 1. The summed E-state index contributed by atoms with van der Waals surface area (Å²) in [6.45, 7) is 3.51. The number of para-hydroxylation sites is 1. The molecule has 0 saturated carbocycles. The van der Waals surface area contributed by atoms with Gasteiger partial charge in [-0.1, -0.05) is 35.1 Å². The standard InChI is InChI=1S/C23H23N3O4S/c1-15-9-10-17-6-3-4-8-20(17)26(15)21(27)13-29-23(28)19-7-5-11-24-22(19)31-14-18-12-16(2)30-25-18/h3-8,11-12,15H,9-10,13-14H2,1-2H3. The zero-order valence-corrected chi connectivity index (χ0v) is 18.2. The number of thioether (sulfide) groups is 1. The minimum atomic E-state index is -0.571. The fourth-order valence-corrected chi connectivity index (χ4v) is 4.50. The molecule has 1 aromatic carbocycles. The van der Waals surface area contributed by atoms with Crippen LogP contribution < -0.4 is 4.90 Å². The summed E-state index contributed by atoms with van der Waals surface area (Å²) >= 11 is 1.37. The summed E-state index contributed by atoms with van der Waals surface area (Å²) in [5, 5.41) is 4.48. The van der Waals surface area contributed by atoms with Crippen molar-refractivity contribution in [2.45, 2.75) is 43.5 Å². The van der Waals surface area contributed by atoms with Crippen molar-refractivity contribution in [2.75, 3.05) is 11.5 Å². The SMILES string of the molecule is Cc1cc(CSc2ncccc2C(=O)OCC(=O)N2c3ccccc3CCC2C)no1. The lowest BCUT2D eigenvalue weighted by Crippen LogP contribution is -2.44. The third kappa shape index (κ3) is 4.80. The van der Waals surface area contributed by atoms with E-state index < -0.39 is 5.97 Å². The lowest BCUT2D eigenvalue weighted by molar-refractivity contribution is -0.122. The molecule has 1 atom stereocenters. The molecule has 3 aromatic rings. The number of carbonyl (C=O) groups excluding carboxylic acids is 2. The third-order valence-corrected chi connectivity index (χ3v) is 6.18. The van der Waals surface area contributed by atoms with Crippen molar-refractivity contribution < 1.29 is 18.8 Å². The van der Waals surface area contributed by atoms with Gasteiger partial charge in [-0.15, -0.1) is 0 Å². The minimum Gasteiger partial charge on any atom is -0.452 e. The van der Waals surface area contributed by atoms with E-state index >= 15 is 0 Å². The number of hydrogen-bond donors (Lipinski definition) is 0. The number of ether oxygens (including phenoxy) is 1. The van der Waals surface area contributed by atoms with Gasteiger partial charge in [-0.25, -0.2) is 9.78 Å². The Morgan fingerprint density at radius 3 is 2.90 bits per heavy atom. The van der Waals surface area contributed by atoms with Gasteiger partial charge in [0, 0.05) is 29.7 Å². The molecule has 1 aliphatic heterocycles. The van der Waals surface area contributed by atoms with Gasteiger partial charge >= 0.3 is 5.97 Å². The van der Waals surface area contributed by atoms with E-state index in [9.17, 15) is 9.59 Å². The van der Waals surface area contributed by atoms with Gasteiger partial charge in [-0.05, 0) is 50.5 Å². The predicted octanol–water partition coefficient (Wildman–Crippen LogP) is 4.20. The van der Waals surface area contributed by atoms with Crippen molar-refractivity contribution >= 4 is 29.3 Å². The van der Waals surface area contributed by atoms with E-state index in [1.54, 1.807) is 23.2 Å². The molecule has 0 saturated heterocycles. The molecule has 0 radical (unpaired) electrons. The Kier molecular flexibility index (Phi) is 6.36. The van der Waals surface area contributed by atoms with Crippen molar-refractivity contribution in [1.82, 2.24) is 10.1 Å². The lowest BCUT2D eigenvalue weighted by Gasteiger charge is -2.35. The van der Waals surface area contributed by atoms with Crippen LogP contribution in [0.4, 0.5) is 5.69 Å². The van der Waals surface area contributed by atoms with Gasteiger partial charge < -0.3 is 14.2 Å². The number of carbonyl (C=O) groups is 2. The molecule has 2 aromatic heterocycles. The van der Waals surface area contributed by atoms with E-state index in [-0.39, 0.29) is 18.6 Å². The van der Waals surface area contributed by atoms with Gasteiger partial charge in [-0.2, -0.15) is 0 Å². The summed E-state index contributed by atoms with van der Waals surface area (Å²) in [5.41, 5.74) is 3.12. The van der Waals surface area contributed by atoms with E-state index in [1.165, 1.54) is 11.8 Å². The zero-order valence-electron chi connectivity index (χ0n) is 17.4. The van der Waals surface area contributed by atoms with Crippen molar-refractivity contribution in [2.24, 2.45) is 0 Å². The van der Waals surface area contributed by atoms with Crippen LogP contribution in [0, 0.1) is 6.92 Å². The first-order chi connectivity index (χ1) is 15.0. The summed E-state index contributed by atoms with van der Waals surface area (Å²) in [6.07, 6.45) is 3.43. The Morgan fingerprint density at radius 2 is 2.10 bits per heavy atom. The smallest absolute Gasteiger partial charge is 0.341 e. The summed E-state index contributed by atoms with van der Waals surface area (Å²) in [6, 6.07) is 13.1. The molecule has 0 fully saturated rings. The molecule has 1 unspecified atom stereocenters. The van der Waals surface area contributed by atoms with Crippen LogP contribution in [0.1, 0.15) is 40.7 Å². The number of pyridine rings is 1. The predicted molar refractivity (Wildman–Crippen MR) is 117 cm³/mol. The van der Waals surface area contributed by atoms with Crippen LogP contribution in [0.5, 0.6) is 0 Å². The maximum absolute atomic E-state index is 12.9. The number of anilines is 1. The average molecular weight is 438 g/mol. The second-order valence-electron chi connectivity index (χ2n) is 7.43. The van der Waals surface area contributed by atoms with Gasteiger partial charge in [0.15, 0.2) is 6.61 Å². The van der Waals surface area contributed by atoms with Crippen LogP contribution in [0.3, 0.4) is 0 Å². The van der Waals surface area contributed by atoms with Crippen molar-refractivity contribution in [3.63, 3.8) is 0 Å². The Bertz CT molecular complexity index is 1100. The number of amides is 1. The Morgan fingerprint density at radius 1 is 1.26 bits per heavy atom. The Hall–Kier alpha value is -3.13. The first-order valence-corrected chi connectivity index (χ1v) is 11.1. The average Bonchev–Trinajstić information content (AvgIpc) is 3.21. The van der Waals surface area contributed by atoms with E-state index in [1.807, 2.05) is 44.2 Å². The number of fused-ring (bicyclic) bond motifs is 1. The largest absolute Gasteiger partial charge is 0.452 e. The minimum absolute atomic E-state index is 0.0523. The summed E-state index contributed by atoms with van der Waals surface area (Å²) in [4.78, 5) is 31.7. The molecular formula is C23H23N3O4S. The number of hydrogen-bond acceptors (Lipinski definition) is 7. The second-order valence-corrected chi connectivity index (χ2v) is 8.39. The maximum Gasteiger partial charge on any atom is 0.341 e. The third-order valence-electron chi connectivity index (χ3n) is 5.14. The van der Waals surface area contributed by atoms with E-state index in [0.717, 1.165) is 35.5 Å². The van der Waals surface area contributed by atoms with Gasteiger partial charge in [-0.3, -0.25) is 4.79 Å². The zero-order chi connectivity index (χ0) is 21.8. The Balaban J connectivity index is 1.42. The van der Waals surface area contributed by atoms with Crippen LogP contribution in [0.15, 0.2) is 58.2 Å². The van der Waals surface area contributed by atoms with Crippen LogP contribution in [-0.4, -0.2) is 34.7 Å². The molecule has 8 heteroatoms. The monoisotopic (exact) mass is 437 g/mol. The lowest BCUT2D eigenvalue weighted by atomic mass is 9.96. The van der Waals surface area contributed by atoms with E-state index in [0.29, 0.717) is 16.3 Å². The fraction of sp³-hybridized carbons (Fsp3) is 0.304. The highest BCUT2D eigenvalue weighted by Crippen LogP contribution is 2.30. The summed E-state index contributed by atoms with van der Waals surface area (Å²) < 4.78 is 10.5. The van der Waals surface area contributed by atoms with Gasteiger partial charge in [0.1, 0.15) is 10.8 Å². The first kappa shape index (κ1) is 21.1. The van der Waals surface area contributed by atoms with Gasteiger partial charge in [0.05, 0.1) is 11.3 Å². The molecule has 3 heterocycles. The summed E-state index contributed by atoms with van der Waals surface area (Å²) in [7, 11) is 0. The highest BCUT2D eigenvalue weighted by atomic mass is 32.2. The number of benzene rings is 1. The highest BCUT2D eigenvalue weighted by Gasteiger charge is 2.29. The fourth-order valence-electron chi connectivity index (χ4n) is 3.63. The van der Waals surface area contributed by atoms with Crippen molar-refractivity contribution in [3.8, 4) is 0 Å². The Labute approximate surface area is 184 Å². The number of aryl methyl sites for hydroxylation is 2. The van der Waals surface area contributed by atoms with E-state index in [4.69, 9.17) is 9.26 Å². The quantitative estimate of drug-likeness (QED) is 0.422. The van der Waals surface area contributed by atoms with Crippen molar-refractivity contribution in [1.29, 1.82) is 0 Å².